The van der Waals surface area contributed by atoms with Gasteiger partial charge in [0.05, 0.1) is 0 Å². The summed E-state index contributed by atoms with van der Waals surface area (Å²) in [5.41, 5.74) is 2.72. The van der Waals surface area contributed by atoms with E-state index >= 15 is 0 Å². The summed E-state index contributed by atoms with van der Waals surface area (Å²) < 4.78 is 23.9. The van der Waals surface area contributed by atoms with Gasteiger partial charge in [-0.2, -0.15) is 0 Å². The van der Waals surface area contributed by atoms with Crippen LogP contribution >= 0.6 is 23.1 Å². The molecule has 0 saturated carbocycles. The van der Waals surface area contributed by atoms with Crippen molar-refractivity contribution in [1.29, 1.82) is 0 Å². The summed E-state index contributed by atoms with van der Waals surface area (Å²) in [7, 11) is 0. The molecule has 1 N–H and O–H groups in total. The fourth-order valence-corrected chi connectivity index (χ4v) is 4.15. The predicted molar refractivity (Wildman–Crippen MR) is 114 cm³/mol. The summed E-state index contributed by atoms with van der Waals surface area (Å²) in [6.45, 7) is 2.01. The number of halogens is 1. The third kappa shape index (κ3) is 5.64. The molecule has 8 nitrogen and oxygen atoms in total. The van der Waals surface area contributed by atoms with Crippen LogP contribution in [0.5, 0.6) is 5.75 Å². The Balaban J connectivity index is 1.29. The molecule has 158 valence electrons. The van der Waals surface area contributed by atoms with Crippen molar-refractivity contribution in [2.24, 2.45) is 0 Å². The van der Waals surface area contributed by atoms with Crippen LogP contribution in [0.1, 0.15) is 27.3 Å². The minimum Gasteiger partial charge on any atom is -0.487 e. The molecule has 0 unspecified atom stereocenters. The van der Waals surface area contributed by atoms with Crippen molar-refractivity contribution >= 4 is 34.1 Å². The van der Waals surface area contributed by atoms with E-state index in [0.717, 1.165) is 5.56 Å². The average molecular weight is 458 g/mol. The first-order chi connectivity index (χ1) is 15.1. The molecular weight excluding hydrogens is 441 g/mol. The van der Waals surface area contributed by atoms with Crippen LogP contribution in [0, 0.1) is 12.7 Å². The maximum absolute atomic E-state index is 13.0. The van der Waals surface area contributed by atoms with Crippen LogP contribution in [-0.2, 0) is 12.4 Å². The minimum atomic E-state index is -0.297. The molecule has 0 aliphatic rings. The van der Waals surface area contributed by atoms with Crippen molar-refractivity contribution in [2.45, 2.75) is 23.6 Å². The lowest BCUT2D eigenvalue weighted by Gasteiger charge is -2.05. The zero-order valence-corrected chi connectivity index (χ0v) is 17.9. The monoisotopic (exact) mass is 457 g/mol. The number of nitrogens with zero attached hydrogens (tertiary/aromatic N) is 4. The molecule has 4 aromatic rings. The Bertz CT molecular complexity index is 1160. The number of carbonyl (C=O) groups excluding carboxylic acids is 1. The van der Waals surface area contributed by atoms with Crippen molar-refractivity contribution in [3.8, 4) is 5.75 Å². The zero-order chi connectivity index (χ0) is 21.6. The highest BCUT2D eigenvalue weighted by molar-refractivity contribution is 8.00. The van der Waals surface area contributed by atoms with Gasteiger partial charge in [-0.15, -0.1) is 10.2 Å². The number of thioether (sulfide) groups is 1. The van der Waals surface area contributed by atoms with Crippen molar-refractivity contribution < 1.29 is 18.6 Å². The fourth-order valence-electron chi connectivity index (χ4n) is 2.45. The summed E-state index contributed by atoms with van der Waals surface area (Å²) in [6, 6.07) is 13.0. The SMILES string of the molecule is Cc1nonc1COc1ccc(C(=O)Nc2nnc(SCc3ccc(F)cc3)s2)cc1. The van der Waals surface area contributed by atoms with Gasteiger partial charge < -0.3 is 4.74 Å². The molecule has 4 rings (SSSR count). The molecule has 1 amide bonds. The predicted octanol–water partition coefficient (Wildman–Crippen LogP) is 4.49. The van der Waals surface area contributed by atoms with E-state index in [9.17, 15) is 9.18 Å². The van der Waals surface area contributed by atoms with E-state index in [1.165, 1.54) is 35.2 Å². The molecule has 2 aromatic carbocycles. The first-order valence-electron chi connectivity index (χ1n) is 9.10. The second kappa shape index (κ2) is 9.67. The number of aromatic nitrogens is 4. The lowest BCUT2D eigenvalue weighted by molar-refractivity contribution is 0.102. The summed E-state index contributed by atoms with van der Waals surface area (Å²) >= 11 is 2.75. The van der Waals surface area contributed by atoms with Crippen LogP contribution in [0.2, 0.25) is 0 Å². The number of nitrogens with one attached hydrogen (secondary N) is 1. The molecule has 0 atom stereocenters. The maximum Gasteiger partial charge on any atom is 0.257 e. The van der Waals surface area contributed by atoms with Gasteiger partial charge in [0, 0.05) is 11.3 Å². The lowest BCUT2D eigenvalue weighted by Crippen LogP contribution is -2.11. The Morgan fingerprint density at radius 1 is 1.13 bits per heavy atom. The third-order valence-electron chi connectivity index (χ3n) is 4.14. The van der Waals surface area contributed by atoms with Gasteiger partial charge in [0.15, 0.2) is 4.34 Å². The molecule has 11 heteroatoms. The van der Waals surface area contributed by atoms with Gasteiger partial charge in [-0.3, -0.25) is 10.1 Å². The molecule has 0 saturated heterocycles. The topological polar surface area (TPSA) is 103 Å². The minimum absolute atomic E-state index is 0.226. The van der Waals surface area contributed by atoms with Crippen molar-refractivity contribution in [1.82, 2.24) is 20.5 Å². The van der Waals surface area contributed by atoms with Gasteiger partial charge in [0.25, 0.3) is 5.91 Å². The van der Waals surface area contributed by atoms with Crippen LogP contribution in [0.15, 0.2) is 57.5 Å². The van der Waals surface area contributed by atoms with Gasteiger partial charge in [-0.25, -0.2) is 9.02 Å². The summed E-state index contributed by atoms with van der Waals surface area (Å²) in [5.74, 6) is 0.661. The molecule has 0 spiro atoms. The van der Waals surface area contributed by atoms with E-state index in [2.05, 4.69) is 30.5 Å². The van der Waals surface area contributed by atoms with Gasteiger partial charge >= 0.3 is 0 Å². The number of hydrogen-bond acceptors (Lipinski definition) is 9. The van der Waals surface area contributed by atoms with Crippen LogP contribution in [0.25, 0.3) is 0 Å². The standard InChI is InChI=1S/C20H16FN5O3S2/c1-12-17(26-29-25-12)10-28-16-8-4-14(5-9-16)18(27)22-19-23-24-20(31-19)30-11-13-2-6-15(21)7-3-13/h2-9H,10-11H2,1H3,(H,22,23,27). The zero-order valence-electron chi connectivity index (χ0n) is 16.2. The smallest absolute Gasteiger partial charge is 0.257 e. The Labute approximate surface area is 184 Å². The van der Waals surface area contributed by atoms with Crippen LogP contribution in [0.3, 0.4) is 0 Å². The van der Waals surface area contributed by atoms with E-state index < -0.39 is 0 Å². The molecule has 2 heterocycles. The van der Waals surface area contributed by atoms with Crippen molar-refractivity contribution in [2.75, 3.05) is 5.32 Å². The van der Waals surface area contributed by atoms with Crippen molar-refractivity contribution in [3.05, 3.63) is 76.9 Å². The Morgan fingerprint density at radius 2 is 1.90 bits per heavy atom. The van der Waals surface area contributed by atoms with Crippen molar-refractivity contribution in [3.63, 3.8) is 0 Å². The number of hydrogen-bond donors (Lipinski definition) is 1. The van der Waals surface area contributed by atoms with Gasteiger partial charge in [0.2, 0.25) is 5.13 Å². The maximum atomic E-state index is 13.0. The van der Waals surface area contributed by atoms with Crippen LogP contribution in [0.4, 0.5) is 9.52 Å². The number of anilines is 1. The molecule has 0 fully saturated rings. The highest BCUT2D eigenvalue weighted by atomic mass is 32.2. The molecule has 0 aliphatic carbocycles. The van der Waals surface area contributed by atoms with E-state index in [4.69, 9.17) is 4.74 Å². The van der Waals surface area contributed by atoms with Crippen LogP contribution in [-0.4, -0.2) is 26.4 Å². The summed E-state index contributed by atoms with van der Waals surface area (Å²) in [4.78, 5) is 12.4. The number of benzene rings is 2. The average Bonchev–Trinajstić information content (AvgIpc) is 3.40. The number of amides is 1. The molecule has 2 aromatic heterocycles. The quantitative estimate of drug-likeness (QED) is 0.305. The van der Waals surface area contributed by atoms with E-state index in [0.29, 0.717) is 37.9 Å². The Hall–Kier alpha value is -3.31. The first kappa shape index (κ1) is 20.9. The number of aryl methyl sites for hydroxylation is 1. The largest absolute Gasteiger partial charge is 0.487 e. The third-order valence-corrected chi connectivity index (χ3v) is 6.18. The number of ether oxygens (including phenoxy) is 1. The van der Waals surface area contributed by atoms with E-state index in [1.54, 1.807) is 43.3 Å². The van der Waals surface area contributed by atoms with E-state index in [1.807, 2.05) is 0 Å². The summed E-state index contributed by atoms with van der Waals surface area (Å²) in [5, 5.41) is 18.7. The summed E-state index contributed by atoms with van der Waals surface area (Å²) in [6.07, 6.45) is 0. The normalized spacial score (nSPS) is 10.8. The highest BCUT2D eigenvalue weighted by Gasteiger charge is 2.12. The Morgan fingerprint density at radius 3 is 2.61 bits per heavy atom. The fraction of sp³-hybridized carbons (Fsp3) is 0.150. The molecular formula is C20H16FN5O3S2. The molecule has 31 heavy (non-hydrogen) atoms. The first-order valence-corrected chi connectivity index (χ1v) is 10.9. The number of rotatable bonds is 8. The second-order valence-electron chi connectivity index (χ2n) is 6.35. The van der Waals surface area contributed by atoms with Gasteiger partial charge in [-0.1, -0.05) is 45.5 Å². The Kier molecular flexibility index (Phi) is 6.53. The molecule has 0 aliphatic heterocycles. The highest BCUT2D eigenvalue weighted by Crippen LogP contribution is 2.28. The second-order valence-corrected chi connectivity index (χ2v) is 8.55. The molecule has 0 bridgehead atoms. The van der Waals surface area contributed by atoms with Gasteiger partial charge in [-0.05, 0) is 48.9 Å². The number of carbonyl (C=O) groups is 1. The molecule has 0 radical (unpaired) electrons. The van der Waals surface area contributed by atoms with Crippen LogP contribution < -0.4 is 10.1 Å². The van der Waals surface area contributed by atoms with E-state index in [-0.39, 0.29) is 18.3 Å². The lowest BCUT2D eigenvalue weighted by atomic mass is 10.2. The van der Waals surface area contributed by atoms with Gasteiger partial charge in [0.1, 0.15) is 29.6 Å².